The average Bonchev–Trinajstić information content (AvgIpc) is 2.79. The maximum Gasteiger partial charge on any atom is 0.174 e. The molecule has 152 valence electrons. The molecule has 0 bridgehead atoms. The summed E-state index contributed by atoms with van der Waals surface area (Å²) < 4.78 is 5.37. The van der Waals surface area contributed by atoms with Crippen molar-refractivity contribution in [3.63, 3.8) is 0 Å². The maximum atomic E-state index is 13.2. The maximum absolute atomic E-state index is 13.2. The molecule has 0 N–H and O–H groups in total. The van der Waals surface area contributed by atoms with Crippen molar-refractivity contribution in [1.29, 1.82) is 0 Å². The number of para-hydroxylation sites is 1. The van der Waals surface area contributed by atoms with Gasteiger partial charge in [-0.2, -0.15) is 0 Å². The molecule has 0 fully saturated rings. The van der Waals surface area contributed by atoms with Gasteiger partial charge in [0.1, 0.15) is 5.75 Å². The molecule has 0 aromatic heterocycles. The van der Waals surface area contributed by atoms with E-state index in [0.717, 1.165) is 12.0 Å². The third-order valence-corrected chi connectivity index (χ3v) is 5.02. The van der Waals surface area contributed by atoms with Crippen LogP contribution in [0.1, 0.15) is 35.2 Å². The van der Waals surface area contributed by atoms with E-state index in [1.807, 2.05) is 105 Å². The van der Waals surface area contributed by atoms with Crippen molar-refractivity contribution >= 4 is 5.78 Å². The van der Waals surface area contributed by atoms with E-state index in [1.54, 1.807) is 7.11 Å². The Morgan fingerprint density at radius 3 is 1.83 bits per heavy atom. The second-order valence-electron chi connectivity index (χ2n) is 7.23. The number of Topliss-reactive ketones (excluding diaryl/α,β-unsaturated/α-hetero) is 1. The van der Waals surface area contributed by atoms with Gasteiger partial charge in [0, 0.05) is 12.0 Å². The Bertz CT molecular complexity index is 820. The van der Waals surface area contributed by atoms with E-state index in [-0.39, 0.29) is 11.7 Å². The molecule has 0 amide bonds. The van der Waals surface area contributed by atoms with Crippen LogP contribution in [0.3, 0.4) is 0 Å². The Balaban J connectivity index is 0.000000426. The smallest absolute Gasteiger partial charge is 0.174 e. The van der Waals surface area contributed by atoms with Crippen molar-refractivity contribution in [3.05, 3.63) is 102 Å². The van der Waals surface area contributed by atoms with E-state index in [1.165, 1.54) is 0 Å². The highest BCUT2D eigenvalue weighted by Crippen LogP contribution is 2.30. The molecule has 3 aromatic rings. The molecule has 0 aliphatic rings. The third kappa shape index (κ3) is 6.88. The second kappa shape index (κ2) is 11.8. The minimum Gasteiger partial charge on any atom is -0.496 e. The van der Waals surface area contributed by atoms with Crippen LogP contribution >= 0.6 is 0 Å². The van der Waals surface area contributed by atoms with Crippen LogP contribution in [0.15, 0.2) is 91.0 Å². The minimum absolute atomic E-state index is 0.113. The van der Waals surface area contributed by atoms with Crippen LogP contribution < -0.4 is 4.74 Å². The Hall–Kier alpha value is -2.91. The molecule has 0 aliphatic heterocycles. The van der Waals surface area contributed by atoms with E-state index < -0.39 is 0 Å². The van der Waals surface area contributed by atoms with Gasteiger partial charge in [-0.25, -0.2) is 0 Å². The lowest BCUT2D eigenvalue weighted by molar-refractivity contribution is 0.0938. The highest BCUT2D eigenvalue weighted by Gasteiger charge is 2.26. The minimum atomic E-state index is -0.176. The zero-order chi connectivity index (χ0) is 21.1. The zero-order valence-electron chi connectivity index (χ0n) is 17.8. The molecule has 0 saturated carbocycles. The van der Waals surface area contributed by atoms with Gasteiger partial charge in [0.2, 0.25) is 0 Å². The second-order valence-corrected chi connectivity index (χ2v) is 7.23. The summed E-state index contributed by atoms with van der Waals surface area (Å²) in [6, 6.07) is 29.8. The van der Waals surface area contributed by atoms with Gasteiger partial charge in [0.25, 0.3) is 0 Å². The van der Waals surface area contributed by atoms with Gasteiger partial charge >= 0.3 is 0 Å². The Morgan fingerprint density at radius 2 is 1.31 bits per heavy atom. The fourth-order valence-corrected chi connectivity index (χ4v) is 3.05. The first-order chi connectivity index (χ1) is 14.0. The number of carbonyl (C=O) groups excluding carboxylic acids is 1. The van der Waals surface area contributed by atoms with Crippen molar-refractivity contribution in [2.45, 2.75) is 25.3 Å². The topological polar surface area (TPSA) is 29.5 Å². The molecule has 3 aromatic carbocycles. The summed E-state index contributed by atoms with van der Waals surface area (Å²) in [5, 5.41) is 0. The molecule has 29 heavy (non-hydrogen) atoms. The first-order valence-corrected chi connectivity index (χ1v) is 9.93. The number of benzene rings is 3. The number of ketones is 1. The summed E-state index contributed by atoms with van der Waals surface area (Å²) in [6.07, 6.45) is 0.772. The Morgan fingerprint density at radius 1 is 0.828 bits per heavy atom. The summed E-state index contributed by atoms with van der Waals surface area (Å²) in [5.74, 6) is 0.572. The summed E-state index contributed by atoms with van der Waals surface area (Å²) in [7, 11) is 5.69. The lowest BCUT2D eigenvalue weighted by atomic mass is 9.85. The normalized spacial score (nSPS) is 12.4. The zero-order valence-corrected chi connectivity index (χ0v) is 17.8. The molecule has 0 spiro atoms. The van der Waals surface area contributed by atoms with Gasteiger partial charge in [0.05, 0.1) is 12.7 Å². The van der Waals surface area contributed by atoms with Gasteiger partial charge in [-0.1, -0.05) is 78.9 Å². The van der Waals surface area contributed by atoms with Gasteiger partial charge in [0.15, 0.2) is 5.78 Å². The first-order valence-electron chi connectivity index (χ1n) is 9.93. The van der Waals surface area contributed by atoms with Crippen LogP contribution in [-0.2, 0) is 0 Å². The predicted octanol–water partition coefficient (Wildman–Crippen LogP) is 5.69. The van der Waals surface area contributed by atoms with Crippen LogP contribution in [0.5, 0.6) is 5.75 Å². The standard InChI is InChI=1S/C20H25NO2.C6H6/c1-15(21(2)3)14-18(16-10-6-5-7-11-16)20(22)17-12-8-9-13-19(17)23-4;1-2-4-6-5-3-1/h5-13,15,18H,14H2,1-4H3;1-6H. The molecule has 3 heteroatoms. The molecule has 0 saturated heterocycles. The quantitative estimate of drug-likeness (QED) is 0.486. The molecule has 3 nitrogen and oxygen atoms in total. The number of nitrogens with zero attached hydrogens (tertiary/aromatic N) is 1. The van der Waals surface area contributed by atoms with Crippen LogP contribution in [0.2, 0.25) is 0 Å². The molecule has 3 rings (SSSR count). The van der Waals surface area contributed by atoms with Gasteiger partial charge < -0.3 is 9.64 Å². The van der Waals surface area contributed by atoms with Crippen LogP contribution in [0.25, 0.3) is 0 Å². The van der Waals surface area contributed by atoms with Gasteiger partial charge in [-0.3, -0.25) is 4.79 Å². The number of methoxy groups -OCH3 is 1. The molecule has 0 aliphatic carbocycles. The summed E-state index contributed by atoms with van der Waals surface area (Å²) >= 11 is 0. The summed E-state index contributed by atoms with van der Waals surface area (Å²) in [4.78, 5) is 15.3. The van der Waals surface area contributed by atoms with Crippen LogP contribution in [-0.4, -0.2) is 37.9 Å². The fraction of sp³-hybridized carbons (Fsp3) is 0.269. The average molecular weight is 390 g/mol. The van der Waals surface area contributed by atoms with Crippen molar-refractivity contribution in [3.8, 4) is 5.75 Å². The lowest BCUT2D eigenvalue weighted by Crippen LogP contribution is -2.29. The summed E-state index contributed by atoms with van der Waals surface area (Å²) in [6.45, 7) is 2.14. The van der Waals surface area contributed by atoms with E-state index >= 15 is 0 Å². The lowest BCUT2D eigenvalue weighted by Gasteiger charge is -2.25. The van der Waals surface area contributed by atoms with Gasteiger partial charge in [-0.05, 0) is 45.1 Å². The van der Waals surface area contributed by atoms with E-state index in [2.05, 4.69) is 11.8 Å². The molecule has 0 radical (unpaired) electrons. The molecular formula is C26H31NO2. The molecule has 2 unspecified atom stereocenters. The third-order valence-electron chi connectivity index (χ3n) is 5.02. The number of carbonyl (C=O) groups is 1. The van der Waals surface area contributed by atoms with Crippen molar-refractivity contribution < 1.29 is 9.53 Å². The number of rotatable bonds is 7. The highest BCUT2D eigenvalue weighted by atomic mass is 16.5. The predicted molar refractivity (Wildman–Crippen MR) is 121 cm³/mol. The van der Waals surface area contributed by atoms with Gasteiger partial charge in [-0.15, -0.1) is 0 Å². The van der Waals surface area contributed by atoms with Crippen LogP contribution in [0, 0.1) is 0 Å². The SMILES string of the molecule is COc1ccccc1C(=O)C(CC(C)N(C)C)c1ccccc1.c1ccccc1. The van der Waals surface area contributed by atoms with E-state index in [9.17, 15) is 4.79 Å². The van der Waals surface area contributed by atoms with Crippen molar-refractivity contribution in [2.24, 2.45) is 0 Å². The van der Waals surface area contributed by atoms with E-state index in [4.69, 9.17) is 4.74 Å². The first kappa shape index (κ1) is 22.4. The van der Waals surface area contributed by atoms with Crippen LogP contribution in [0.4, 0.5) is 0 Å². The van der Waals surface area contributed by atoms with Crippen molar-refractivity contribution in [2.75, 3.05) is 21.2 Å². The summed E-state index contributed by atoms with van der Waals surface area (Å²) in [5.41, 5.74) is 1.70. The number of hydrogen-bond acceptors (Lipinski definition) is 3. The molecular weight excluding hydrogens is 358 g/mol. The Kier molecular flexibility index (Phi) is 9.13. The number of ether oxygens (including phenoxy) is 1. The van der Waals surface area contributed by atoms with Crippen molar-refractivity contribution in [1.82, 2.24) is 4.90 Å². The van der Waals surface area contributed by atoms with E-state index in [0.29, 0.717) is 17.4 Å². The molecule has 0 heterocycles. The molecule has 2 atom stereocenters. The Labute approximate surface area is 175 Å². The largest absolute Gasteiger partial charge is 0.496 e. The fourth-order valence-electron chi connectivity index (χ4n) is 3.05. The monoisotopic (exact) mass is 389 g/mol. The number of hydrogen-bond donors (Lipinski definition) is 0. The highest BCUT2D eigenvalue weighted by molar-refractivity contribution is 6.03.